The van der Waals surface area contributed by atoms with E-state index in [0.29, 0.717) is 26.8 Å². The number of hydrogen-bond acceptors (Lipinski definition) is 5. The van der Waals surface area contributed by atoms with Crippen molar-refractivity contribution >= 4 is 39.1 Å². The molecule has 0 fully saturated rings. The average molecular weight is 428 g/mol. The Bertz CT molecular complexity index is 1220. The van der Waals surface area contributed by atoms with Gasteiger partial charge >= 0.3 is 5.97 Å². The van der Waals surface area contributed by atoms with Crippen LogP contribution >= 0.6 is 11.3 Å². The Morgan fingerprint density at radius 2 is 1.83 bits per heavy atom. The average Bonchev–Trinajstić information content (AvgIpc) is 3.00. The molecule has 1 aromatic carbocycles. The number of aliphatic carboxylic acids is 1. The largest absolute Gasteiger partial charge is 0.480 e. The van der Waals surface area contributed by atoms with Crippen LogP contribution in [0.1, 0.15) is 60.2 Å². The first-order chi connectivity index (χ1) is 14.0. The second-order valence-electron chi connectivity index (χ2n) is 8.13. The molecule has 7 nitrogen and oxygen atoms in total. The lowest BCUT2D eigenvalue weighted by Gasteiger charge is -2.26. The van der Waals surface area contributed by atoms with Crippen molar-refractivity contribution in [2.24, 2.45) is 0 Å². The van der Waals surface area contributed by atoms with E-state index < -0.39 is 17.1 Å². The molecule has 0 aliphatic heterocycles. The molecule has 1 amide bonds. The summed E-state index contributed by atoms with van der Waals surface area (Å²) in [4.78, 5) is 43.7. The van der Waals surface area contributed by atoms with Crippen LogP contribution in [-0.2, 0) is 10.3 Å². The summed E-state index contributed by atoms with van der Waals surface area (Å²) in [5.41, 5.74) is 0.203. The molecule has 8 heteroatoms. The maximum absolute atomic E-state index is 13.4. The number of nitrogens with one attached hydrogen (secondary N) is 1. The number of hydrogen-bond donors (Lipinski definition) is 2. The quantitative estimate of drug-likeness (QED) is 0.633. The number of carbonyl (C=O) groups excluding carboxylic acids is 1. The number of nitrogens with zero attached hydrogens (tertiary/aromatic N) is 2. The summed E-state index contributed by atoms with van der Waals surface area (Å²) in [7, 11) is 0. The number of benzene rings is 1. The van der Waals surface area contributed by atoms with Gasteiger partial charge in [0, 0.05) is 11.6 Å². The third kappa shape index (κ3) is 3.52. The van der Waals surface area contributed by atoms with E-state index in [1.54, 1.807) is 6.92 Å². The highest BCUT2D eigenvalue weighted by molar-refractivity contribution is 7.20. The summed E-state index contributed by atoms with van der Waals surface area (Å²) in [6.07, 6.45) is 0. The second kappa shape index (κ2) is 7.68. The Morgan fingerprint density at radius 1 is 1.20 bits per heavy atom. The topological polar surface area (TPSA) is 101 Å². The molecule has 3 rings (SSSR count). The van der Waals surface area contributed by atoms with Crippen LogP contribution < -0.4 is 10.9 Å². The van der Waals surface area contributed by atoms with Crippen LogP contribution in [-0.4, -0.2) is 26.5 Å². The lowest BCUT2D eigenvalue weighted by Crippen LogP contribution is -2.45. The number of carboxylic acid groups (broad SMARTS) is 1. The van der Waals surface area contributed by atoms with E-state index in [1.165, 1.54) is 18.4 Å². The molecule has 0 spiro atoms. The monoisotopic (exact) mass is 427 g/mol. The fourth-order valence-electron chi connectivity index (χ4n) is 3.33. The maximum atomic E-state index is 13.4. The first kappa shape index (κ1) is 21.7. The van der Waals surface area contributed by atoms with Gasteiger partial charge in [0.1, 0.15) is 16.2 Å². The lowest BCUT2D eigenvalue weighted by molar-refractivity contribution is -0.146. The molecule has 2 N–H and O–H groups in total. The molecular weight excluding hydrogens is 402 g/mol. The molecular formula is C22H25N3O4S. The van der Waals surface area contributed by atoms with Crippen LogP contribution in [0, 0.1) is 13.8 Å². The Kier molecular flexibility index (Phi) is 5.56. The summed E-state index contributed by atoms with van der Waals surface area (Å²) in [5.74, 6) is -1.24. The van der Waals surface area contributed by atoms with Gasteiger partial charge < -0.3 is 10.4 Å². The Balaban J connectivity index is 2.22. The summed E-state index contributed by atoms with van der Waals surface area (Å²) in [6.45, 7) is 10.3. The van der Waals surface area contributed by atoms with Crippen LogP contribution in [0.15, 0.2) is 29.1 Å². The number of amides is 1. The normalized spacial score (nSPS) is 11.8. The Morgan fingerprint density at radius 3 is 2.40 bits per heavy atom. The molecule has 158 valence electrons. The van der Waals surface area contributed by atoms with Crippen LogP contribution in [0.2, 0.25) is 0 Å². The van der Waals surface area contributed by atoms with E-state index in [2.05, 4.69) is 10.3 Å². The molecule has 0 radical (unpaired) electrons. The number of thiophene rings is 1. The molecule has 30 heavy (non-hydrogen) atoms. The van der Waals surface area contributed by atoms with E-state index in [1.807, 2.05) is 45.0 Å². The minimum atomic E-state index is -1.48. The number of aromatic nitrogens is 2. The number of carboxylic acids is 1. The molecule has 0 atom stereocenters. The first-order valence-electron chi connectivity index (χ1n) is 9.63. The summed E-state index contributed by atoms with van der Waals surface area (Å²) < 4.78 is 1.24. The third-order valence-electron chi connectivity index (χ3n) is 5.19. The van der Waals surface area contributed by atoms with Gasteiger partial charge in [0.2, 0.25) is 0 Å². The van der Waals surface area contributed by atoms with E-state index in [0.717, 1.165) is 16.9 Å². The molecule has 2 heterocycles. The van der Waals surface area contributed by atoms with Gasteiger partial charge in [-0.3, -0.25) is 14.2 Å². The number of anilines is 1. The van der Waals surface area contributed by atoms with Crippen molar-refractivity contribution < 1.29 is 14.7 Å². The summed E-state index contributed by atoms with van der Waals surface area (Å²) in [5, 5.41) is 12.9. The first-order valence-corrected chi connectivity index (χ1v) is 10.4. The number of carbonyl (C=O) groups is 2. The van der Waals surface area contributed by atoms with E-state index >= 15 is 0 Å². The number of aryl methyl sites for hydroxylation is 2. The lowest BCUT2D eigenvalue weighted by atomic mass is 10.0. The third-order valence-corrected chi connectivity index (χ3v) is 6.37. The van der Waals surface area contributed by atoms with Crippen LogP contribution in [0.3, 0.4) is 0 Å². The van der Waals surface area contributed by atoms with Gasteiger partial charge in [-0.25, -0.2) is 9.78 Å². The molecule has 0 unspecified atom stereocenters. The van der Waals surface area contributed by atoms with Crippen molar-refractivity contribution in [1.82, 2.24) is 9.55 Å². The predicted molar refractivity (Wildman–Crippen MR) is 119 cm³/mol. The minimum absolute atomic E-state index is 0.174. The zero-order valence-electron chi connectivity index (χ0n) is 17.9. The zero-order valence-corrected chi connectivity index (χ0v) is 18.7. The minimum Gasteiger partial charge on any atom is -0.480 e. The Hall–Kier alpha value is -3.00. The molecule has 0 aliphatic carbocycles. The molecule has 0 bridgehead atoms. The molecule has 3 aromatic rings. The van der Waals surface area contributed by atoms with Crippen LogP contribution in [0.5, 0.6) is 0 Å². The van der Waals surface area contributed by atoms with Gasteiger partial charge in [-0.15, -0.1) is 11.3 Å². The van der Waals surface area contributed by atoms with Crippen molar-refractivity contribution in [2.75, 3.05) is 5.32 Å². The van der Waals surface area contributed by atoms with E-state index in [4.69, 9.17) is 0 Å². The summed E-state index contributed by atoms with van der Waals surface area (Å²) in [6, 6.07) is 7.44. The van der Waals surface area contributed by atoms with Crippen molar-refractivity contribution in [2.45, 2.75) is 53.0 Å². The molecule has 0 saturated heterocycles. The van der Waals surface area contributed by atoms with Crippen LogP contribution in [0.25, 0.3) is 10.2 Å². The van der Waals surface area contributed by atoms with Gasteiger partial charge in [0.15, 0.2) is 0 Å². The fourth-order valence-corrected chi connectivity index (χ4v) is 4.40. The van der Waals surface area contributed by atoms with Crippen molar-refractivity contribution in [1.29, 1.82) is 0 Å². The second-order valence-corrected chi connectivity index (χ2v) is 9.13. The Labute approximate surface area is 178 Å². The van der Waals surface area contributed by atoms with Gasteiger partial charge in [-0.05, 0) is 44.9 Å². The fraction of sp³-hybridized carbons (Fsp3) is 0.364. The van der Waals surface area contributed by atoms with E-state index in [-0.39, 0.29) is 17.2 Å². The van der Waals surface area contributed by atoms with Crippen molar-refractivity contribution in [3.8, 4) is 0 Å². The SMILES string of the molecule is Cc1ccccc1NC(=O)c1sc2nc(C(C)C)n(C(C)(C)C(=O)O)c(=O)c2c1C. The summed E-state index contributed by atoms with van der Waals surface area (Å²) >= 11 is 1.15. The highest BCUT2D eigenvalue weighted by atomic mass is 32.1. The van der Waals surface area contributed by atoms with Gasteiger partial charge in [0.25, 0.3) is 11.5 Å². The number of rotatable bonds is 5. The predicted octanol–water partition coefficient (Wildman–Crippen LogP) is 4.27. The standard InChI is InChI=1S/C22H25N3O4S/c1-11(2)17-24-19-15(20(27)25(17)22(5,6)21(28)29)13(4)16(30-19)18(26)23-14-10-8-7-9-12(14)3/h7-11H,1-6H3,(H,23,26)(H,28,29). The van der Waals surface area contributed by atoms with Gasteiger partial charge in [0.05, 0.1) is 10.3 Å². The van der Waals surface area contributed by atoms with Gasteiger partial charge in [-0.2, -0.15) is 0 Å². The van der Waals surface area contributed by atoms with E-state index in [9.17, 15) is 19.5 Å². The maximum Gasteiger partial charge on any atom is 0.329 e. The molecule has 0 saturated carbocycles. The smallest absolute Gasteiger partial charge is 0.329 e. The highest BCUT2D eigenvalue weighted by Gasteiger charge is 2.35. The van der Waals surface area contributed by atoms with Crippen LogP contribution in [0.4, 0.5) is 5.69 Å². The number of fused-ring (bicyclic) bond motifs is 1. The van der Waals surface area contributed by atoms with Gasteiger partial charge in [-0.1, -0.05) is 32.0 Å². The molecule has 2 aromatic heterocycles. The van der Waals surface area contributed by atoms with Crippen molar-refractivity contribution in [3.63, 3.8) is 0 Å². The highest BCUT2D eigenvalue weighted by Crippen LogP contribution is 2.31. The van der Waals surface area contributed by atoms with Crippen molar-refractivity contribution in [3.05, 3.63) is 56.4 Å². The number of para-hydroxylation sites is 1. The zero-order chi connectivity index (χ0) is 22.4. The molecule has 0 aliphatic rings.